The maximum absolute atomic E-state index is 12.8. The predicted molar refractivity (Wildman–Crippen MR) is 88.7 cm³/mol. The number of likely N-dealkylation sites (tertiary alicyclic amines) is 1. The third kappa shape index (κ3) is 5.18. The molecule has 1 saturated heterocycles. The lowest BCUT2D eigenvalue weighted by Crippen LogP contribution is -2.48. The van der Waals surface area contributed by atoms with Crippen LogP contribution in [0.1, 0.15) is 25.7 Å². The number of methoxy groups -OCH3 is 1. The first-order chi connectivity index (χ1) is 11.6. The van der Waals surface area contributed by atoms with Crippen molar-refractivity contribution in [2.45, 2.75) is 25.7 Å². The molecule has 0 bridgehead atoms. The second kappa shape index (κ2) is 8.99. The third-order valence-electron chi connectivity index (χ3n) is 4.60. The van der Waals surface area contributed by atoms with E-state index in [1.165, 1.54) is 12.1 Å². The highest BCUT2D eigenvalue weighted by Gasteiger charge is 2.41. The zero-order chi connectivity index (χ0) is 17.4. The van der Waals surface area contributed by atoms with Crippen LogP contribution in [0.2, 0.25) is 0 Å². The molecule has 6 heteroatoms. The molecule has 1 aromatic rings. The van der Waals surface area contributed by atoms with Crippen LogP contribution in [0.5, 0.6) is 5.75 Å². The Morgan fingerprint density at radius 2 is 2.08 bits per heavy atom. The van der Waals surface area contributed by atoms with E-state index in [4.69, 9.17) is 9.47 Å². The van der Waals surface area contributed by atoms with Crippen molar-refractivity contribution in [3.05, 3.63) is 30.1 Å². The lowest BCUT2D eigenvalue weighted by atomic mass is 9.77. The molecule has 0 radical (unpaired) electrons. The van der Waals surface area contributed by atoms with E-state index in [1.807, 2.05) is 0 Å². The number of halogens is 1. The number of benzene rings is 1. The topological polar surface area (TPSA) is 59.0 Å². The minimum Gasteiger partial charge on any atom is -0.494 e. The molecule has 1 aliphatic heterocycles. The number of piperidine rings is 1. The van der Waals surface area contributed by atoms with Crippen molar-refractivity contribution in [1.29, 1.82) is 0 Å². The third-order valence-corrected chi connectivity index (χ3v) is 4.60. The van der Waals surface area contributed by atoms with Crippen molar-refractivity contribution in [3.8, 4) is 5.75 Å². The first-order valence-electron chi connectivity index (χ1n) is 8.39. The van der Waals surface area contributed by atoms with Crippen molar-refractivity contribution in [1.82, 2.24) is 4.90 Å². The Hall–Kier alpha value is -1.66. The average molecular weight is 339 g/mol. The second-order valence-corrected chi connectivity index (χ2v) is 6.36. The molecule has 134 valence electrons. The Bertz CT molecular complexity index is 522. The molecule has 1 heterocycles. The number of hydrogen-bond donors (Lipinski definition) is 1. The van der Waals surface area contributed by atoms with Crippen molar-refractivity contribution in [3.63, 3.8) is 0 Å². The van der Waals surface area contributed by atoms with Crippen LogP contribution in [0.3, 0.4) is 0 Å². The van der Waals surface area contributed by atoms with Gasteiger partial charge in [-0.2, -0.15) is 0 Å². The molecule has 1 aliphatic rings. The van der Waals surface area contributed by atoms with Crippen LogP contribution in [-0.2, 0) is 9.53 Å². The second-order valence-electron chi connectivity index (χ2n) is 6.36. The molecule has 1 N–H and O–H groups in total. The fraction of sp³-hybridized carbons (Fsp3) is 0.611. The number of nitrogens with zero attached hydrogens (tertiary/aromatic N) is 1. The van der Waals surface area contributed by atoms with Crippen molar-refractivity contribution in [2.24, 2.45) is 5.41 Å². The number of ether oxygens (including phenoxy) is 2. The summed E-state index contributed by atoms with van der Waals surface area (Å²) in [6.45, 7) is 3.26. The molecule has 1 fully saturated rings. The van der Waals surface area contributed by atoms with Gasteiger partial charge in [0.15, 0.2) is 0 Å². The standard InChI is InChI=1S/C18H26FNO4/c1-23-13-9-18(17(21)22)8-2-10-20(14-18)11-3-12-24-16-6-4-15(19)5-7-16/h4-7H,2-3,8-14H2,1H3,(H,21,22)/t18-/m1/s1. The summed E-state index contributed by atoms with van der Waals surface area (Å²) in [7, 11) is 1.60. The van der Waals surface area contributed by atoms with E-state index in [0.29, 0.717) is 38.3 Å². The van der Waals surface area contributed by atoms with Crippen LogP contribution in [0.4, 0.5) is 4.39 Å². The van der Waals surface area contributed by atoms with E-state index >= 15 is 0 Å². The van der Waals surface area contributed by atoms with Gasteiger partial charge >= 0.3 is 5.97 Å². The molecule has 24 heavy (non-hydrogen) atoms. The molecule has 0 aliphatic carbocycles. The molecule has 0 amide bonds. The first-order valence-corrected chi connectivity index (χ1v) is 8.39. The predicted octanol–water partition coefficient (Wildman–Crippen LogP) is 2.80. The van der Waals surface area contributed by atoms with Gasteiger partial charge in [0.2, 0.25) is 0 Å². The highest BCUT2D eigenvalue weighted by Crippen LogP contribution is 2.34. The number of carboxylic acid groups (broad SMARTS) is 1. The van der Waals surface area contributed by atoms with E-state index in [2.05, 4.69) is 4.90 Å². The van der Waals surface area contributed by atoms with Gasteiger partial charge in [-0.1, -0.05) is 0 Å². The van der Waals surface area contributed by atoms with Gasteiger partial charge in [0.25, 0.3) is 0 Å². The molecule has 1 aromatic carbocycles. The summed E-state index contributed by atoms with van der Waals surface area (Å²) in [6, 6.07) is 5.96. The van der Waals surface area contributed by atoms with Gasteiger partial charge in [-0.25, -0.2) is 4.39 Å². The first kappa shape index (κ1) is 18.7. The molecule has 1 atom stereocenters. The monoisotopic (exact) mass is 339 g/mol. The van der Waals surface area contributed by atoms with Crippen molar-refractivity contribution >= 4 is 5.97 Å². The van der Waals surface area contributed by atoms with Crippen LogP contribution in [0, 0.1) is 11.2 Å². The maximum atomic E-state index is 12.8. The smallest absolute Gasteiger partial charge is 0.311 e. The Kier molecular flexibility index (Phi) is 6.99. The number of carboxylic acids is 1. The van der Waals surface area contributed by atoms with Crippen LogP contribution >= 0.6 is 0 Å². The Balaban J connectivity index is 1.77. The molecule has 0 unspecified atom stereocenters. The molecule has 0 saturated carbocycles. The van der Waals surface area contributed by atoms with Gasteiger partial charge < -0.3 is 19.5 Å². The Morgan fingerprint density at radius 3 is 2.75 bits per heavy atom. The lowest BCUT2D eigenvalue weighted by molar-refractivity contribution is -0.154. The van der Waals surface area contributed by atoms with Gasteiger partial charge in [0, 0.05) is 26.8 Å². The normalized spacial score (nSPS) is 21.6. The van der Waals surface area contributed by atoms with Crippen LogP contribution in [-0.4, -0.2) is 55.9 Å². The van der Waals surface area contributed by atoms with Crippen molar-refractivity contribution < 1.29 is 23.8 Å². The summed E-state index contributed by atoms with van der Waals surface area (Å²) in [6.07, 6.45) is 2.93. The lowest BCUT2D eigenvalue weighted by Gasteiger charge is -2.40. The molecular formula is C18H26FNO4. The number of rotatable bonds is 9. The zero-order valence-corrected chi connectivity index (χ0v) is 14.2. The maximum Gasteiger partial charge on any atom is 0.311 e. The summed E-state index contributed by atoms with van der Waals surface area (Å²) in [4.78, 5) is 13.9. The number of aliphatic carboxylic acids is 1. The number of hydrogen-bond acceptors (Lipinski definition) is 4. The van der Waals surface area contributed by atoms with E-state index in [-0.39, 0.29) is 5.82 Å². The van der Waals surface area contributed by atoms with E-state index < -0.39 is 11.4 Å². The van der Waals surface area contributed by atoms with Crippen LogP contribution < -0.4 is 4.74 Å². The van der Waals surface area contributed by atoms with E-state index in [0.717, 1.165) is 25.9 Å². The molecule has 2 rings (SSSR count). The summed E-state index contributed by atoms with van der Waals surface area (Å²) >= 11 is 0. The van der Waals surface area contributed by atoms with Gasteiger partial charge in [-0.15, -0.1) is 0 Å². The highest BCUT2D eigenvalue weighted by atomic mass is 19.1. The van der Waals surface area contributed by atoms with Crippen LogP contribution in [0.15, 0.2) is 24.3 Å². The summed E-state index contributed by atoms with van der Waals surface area (Å²) < 4.78 is 23.5. The summed E-state index contributed by atoms with van der Waals surface area (Å²) in [5, 5.41) is 9.64. The van der Waals surface area contributed by atoms with Gasteiger partial charge in [-0.05, 0) is 56.5 Å². The largest absolute Gasteiger partial charge is 0.494 e. The van der Waals surface area contributed by atoms with Gasteiger partial charge in [0.05, 0.1) is 12.0 Å². The fourth-order valence-corrected chi connectivity index (χ4v) is 3.21. The van der Waals surface area contributed by atoms with Gasteiger partial charge in [0.1, 0.15) is 11.6 Å². The Labute approximate surface area is 142 Å². The average Bonchev–Trinajstić information content (AvgIpc) is 2.58. The van der Waals surface area contributed by atoms with Crippen molar-refractivity contribution in [2.75, 3.05) is 40.0 Å². The molecular weight excluding hydrogens is 313 g/mol. The molecule has 0 spiro atoms. The summed E-state index contributed by atoms with van der Waals surface area (Å²) in [5.41, 5.74) is -0.702. The number of carbonyl (C=O) groups is 1. The SMILES string of the molecule is COCC[C@]1(C(=O)O)CCCN(CCCOc2ccc(F)cc2)C1. The summed E-state index contributed by atoms with van der Waals surface area (Å²) in [5.74, 6) is -0.362. The quantitative estimate of drug-likeness (QED) is 0.701. The highest BCUT2D eigenvalue weighted by molar-refractivity contribution is 5.75. The van der Waals surface area contributed by atoms with Crippen LogP contribution in [0.25, 0.3) is 0 Å². The molecule has 0 aromatic heterocycles. The minimum atomic E-state index is -0.730. The Morgan fingerprint density at radius 1 is 1.33 bits per heavy atom. The van der Waals surface area contributed by atoms with Gasteiger partial charge in [-0.3, -0.25) is 4.79 Å². The molecule has 5 nitrogen and oxygen atoms in total. The van der Waals surface area contributed by atoms with E-state index in [1.54, 1.807) is 19.2 Å². The van der Waals surface area contributed by atoms with E-state index in [9.17, 15) is 14.3 Å². The zero-order valence-electron chi connectivity index (χ0n) is 14.2. The minimum absolute atomic E-state index is 0.281. The fourth-order valence-electron chi connectivity index (χ4n) is 3.21.